The van der Waals surface area contributed by atoms with Gasteiger partial charge in [-0.3, -0.25) is 37.0 Å². The molecule has 2 bridgehead atoms. The Bertz CT molecular complexity index is 1950. The Balaban J connectivity index is 1.21. The summed E-state index contributed by atoms with van der Waals surface area (Å²) in [5.74, 6) is -0.193. The number of aliphatic hydroxyl groups is 1. The van der Waals surface area contributed by atoms with Gasteiger partial charge in [-0.2, -0.15) is 4.98 Å². The highest BCUT2D eigenvalue weighted by Crippen LogP contribution is 2.60. The summed E-state index contributed by atoms with van der Waals surface area (Å²) in [6.07, 6.45) is -8.75. The van der Waals surface area contributed by atoms with Crippen LogP contribution in [0.15, 0.2) is 23.8 Å². The van der Waals surface area contributed by atoms with Crippen molar-refractivity contribution in [1.29, 1.82) is 0 Å². The number of nitrogen functional groups attached to an aromatic ring is 2. The molecule has 10 atom stereocenters. The average molecular weight is 709 g/mol. The first-order chi connectivity index (χ1) is 21.3. The molecule has 20 nitrogen and oxygen atoms in total. The second-order valence-corrected chi connectivity index (χ2v) is 15.8. The highest BCUT2D eigenvalue weighted by molar-refractivity contribution is 8.44. The number of aromatic nitrogens is 8. The maximum absolute atomic E-state index is 16.0. The van der Waals surface area contributed by atoms with Crippen LogP contribution in [0.4, 0.5) is 16.2 Å². The molecule has 0 saturated carbocycles. The second-order valence-electron chi connectivity index (χ2n) is 10.1. The van der Waals surface area contributed by atoms with Gasteiger partial charge in [0.05, 0.1) is 25.9 Å². The first-order valence-corrected chi connectivity index (χ1v) is 18.3. The molecule has 6 N–H and O–H groups in total. The Hall–Kier alpha value is -2.69. The fourth-order valence-corrected chi connectivity index (χ4v) is 8.20. The number of nitrogens with zero attached hydrogens (tertiary/aromatic N) is 7. The Kier molecular flexibility index (Phi) is 7.72. The molecule has 4 aromatic rings. The van der Waals surface area contributed by atoms with E-state index >= 15 is 4.39 Å². The standard InChI is InChI=1S/C20H23FN10O10P2S2/c21-8-12-7(39-18(8)30-4-26-9-14(22)24-3-25-15(9)30)2-37-43(35,45)41-13-11(32)6(1-36-42(34,44)40-12)38-19(13)31-5-27-10-16(31)28-20(23)29-17(10)33/h3-8,11-13,18-19,32H,1-2H2,(H,34,44)(H,35,45)(H2,22,24,25)(H3,23,28,29,33)/t6-,7?,8-,11-,12-,13-,18-,19-,42-,43+/m1/s1. The number of ether oxygens (including phenoxy) is 2. The summed E-state index contributed by atoms with van der Waals surface area (Å²) < 4.78 is 79.0. The molecule has 3 fully saturated rings. The molecule has 0 aromatic carbocycles. The van der Waals surface area contributed by atoms with E-state index in [0.29, 0.717) is 0 Å². The third kappa shape index (κ3) is 5.54. The van der Waals surface area contributed by atoms with Crippen molar-refractivity contribution < 1.29 is 46.2 Å². The lowest BCUT2D eigenvalue weighted by atomic mass is 10.1. The Labute approximate surface area is 260 Å². The predicted octanol–water partition coefficient (Wildman–Crippen LogP) is 0.511. The fourth-order valence-electron chi connectivity index (χ4n) is 5.26. The van der Waals surface area contributed by atoms with Crippen molar-refractivity contribution in [2.45, 2.75) is 49.1 Å². The Morgan fingerprint density at radius 2 is 1.53 bits per heavy atom. The quantitative estimate of drug-likeness (QED) is 0.122. The predicted molar refractivity (Wildman–Crippen MR) is 156 cm³/mol. The third-order valence-corrected chi connectivity index (χ3v) is 10.5. The molecular weight excluding hydrogens is 685 g/mol. The van der Waals surface area contributed by atoms with Crippen LogP contribution in [0.5, 0.6) is 0 Å². The molecule has 0 amide bonds. The van der Waals surface area contributed by atoms with E-state index in [2.05, 4.69) is 54.4 Å². The van der Waals surface area contributed by atoms with Crippen LogP contribution in [0.1, 0.15) is 12.5 Å². The summed E-state index contributed by atoms with van der Waals surface area (Å²) in [6.45, 7) is -10.1. The van der Waals surface area contributed by atoms with Gasteiger partial charge in [0.25, 0.3) is 5.56 Å². The van der Waals surface area contributed by atoms with Gasteiger partial charge in [0.2, 0.25) is 5.95 Å². The van der Waals surface area contributed by atoms with Crippen LogP contribution < -0.4 is 17.0 Å². The van der Waals surface area contributed by atoms with E-state index in [4.69, 9.17) is 39.0 Å². The topological polar surface area (TPSA) is 269 Å². The van der Waals surface area contributed by atoms with Gasteiger partial charge in [0, 0.05) is 0 Å². The van der Waals surface area contributed by atoms with Crippen LogP contribution in [-0.2, 0) is 36.7 Å². The zero-order valence-corrected chi connectivity index (χ0v) is 25.9. The maximum Gasteiger partial charge on any atom is 0.386 e. The van der Waals surface area contributed by atoms with Crippen molar-refractivity contribution in [3.63, 3.8) is 0 Å². The highest BCUT2D eigenvalue weighted by atomic mass is 32.7. The number of thiol groups is 2. The minimum atomic E-state index is -4.42. The zero-order valence-electron chi connectivity index (χ0n) is 22.3. The van der Waals surface area contributed by atoms with Crippen LogP contribution in [0.3, 0.4) is 0 Å². The summed E-state index contributed by atoms with van der Waals surface area (Å²) >= 11 is 8.03. The molecular formula is C20H23FN10O10P2S2. The Morgan fingerprint density at radius 1 is 0.911 bits per heavy atom. The number of imidazole rings is 2. The number of anilines is 2. The molecule has 3 aliphatic rings. The lowest BCUT2D eigenvalue weighted by molar-refractivity contribution is -0.0568. The summed E-state index contributed by atoms with van der Waals surface area (Å²) in [5.41, 5.74) is 11.0. The summed E-state index contributed by atoms with van der Waals surface area (Å²) in [6, 6.07) is 0. The molecule has 3 saturated heterocycles. The van der Waals surface area contributed by atoms with E-state index < -0.39 is 81.5 Å². The number of rotatable bonds is 2. The van der Waals surface area contributed by atoms with Crippen LogP contribution in [0.25, 0.3) is 22.3 Å². The van der Waals surface area contributed by atoms with E-state index in [0.717, 1.165) is 6.33 Å². The van der Waals surface area contributed by atoms with E-state index in [-0.39, 0.29) is 34.1 Å². The second kappa shape index (κ2) is 11.2. The molecule has 45 heavy (non-hydrogen) atoms. The molecule has 0 aliphatic carbocycles. The lowest BCUT2D eigenvalue weighted by Crippen LogP contribution is -2.35. The molecule has 0 radical (unpaired) electrons. The number of nitrogens with two attached hydrogens (primary N) is 2. The number of aliphatic hydroxyl groups excluding tert-OH is 1. The monoisotopic (exact) mass is 708 g/mol. The SMILES string of the molecule is Nc1nc2c(ncn2[C@@H]2O[C@@H]3CO[P@@](=O)(S)O[C@@H]4C(CO[P@](=O)(S)O[C@@H]2[C@@H]3O)O[C@@H](n2cnc3c(N)ncnc32)[C@@H]4F)c(=O)[nH]1. The van der Waals surface area contributed by atoms with E-state index in [1.807, 2.05) is 0 Å². The zero-order chi connectivity index (χ0) is 31.8. The Morgan fingerprint density at radius 3 is 2.27 bits per heavy atom. The van der Waals surface area contributed by atoms with Gasteiger partial charge in [0.1, 0.15) is 42.4 Å². The van der Waals surface area contributed by atoms with Crippen LogP contribution in [-0.4, -0.2) is 94.0 Å². The van der Waals surface area contributed by atoms with Crippen molar-refractivity contribution in [1.82, 2.24) is 39.0 Å². The molecule has 0 spiro atoms. The smallest absolute Gasteiger partial charge is 0.386 e. The minimum absolute atomic E-state index is 0.0443. The molecule has 25 heteroatoms. The number of nitrogens with one attached hydrogen (secondary N) is 1. The third-order valence-electron chi connectivity index (χ3n) is 7.28. The number of halogens is 1. The molecule has 3 aliphatic heterocycles. The number of hydrogen-bond donors (Lipinski definition) is 6. The summed E-state index contributed by atoms with van der Waals surface area (Å²) in [7, 11) is 0. The van der Waals surface area contributed by atoms with Gasteiger partial charge < -0.3 is 26.0 Å². The maximum atomic E-state index is 16.0. The minimum Gasteiger partial charge on any atom is -0.387 e. The van der Waals surface area contributed by atoms with Crippen molar-refractivity contribution >= 4 is 72.2 Å². The van der Waals surface area contributed by atoms with E-state index in [9.17, 15) is 19.0 Å². The number of alkyl halides is 1. The largest absolute Gasteiger partial charge is 0.387 e. The van der Waals surface area contributed by atoms with Crippen molar-refractivity contribution in [2.75, 3.05) is 24.7 Å². The summed E-state index contributed by atoms with van der Waals surface area (Å²) in [5, 5.41) is 11.1. The normalized spacial score (nSPS) is 37.7. The number of aromatic amines is 1. The van der Waals surface area contributed by atoms with Crippen LogP contribution in [0.2, 0.25) is 0 Å². The van der Waals surface area contributed by atoms with Gasteiger partial charge in [0.15, 0.2) is 41.3 Å². The molecule has 7 heterocycles. The van der Waals surface area contributed by atoms with E-state index in [1.54, 1.807) is 0 Å². The lowest BCUT2D eigenvalue weighted by Gasteiger charge is -2.26. The number of hydrogen-bond acceptors (Lipinski definition) is 17. The van der Waals surface area contributed by atoms with Crippen molar-refractivity contribution in [3.8, 4) is 0 Å². The average Bonchev–Trinajstić information content (AvgIpc) is 3.72. The summed E-state index contributed by atoms with van der Waals surface area (Å²) in [4.78, 5) is 34.7. The fraction of sp³-hybridized carbons (Fsp3) is 0.500. The molecule has 7 rings (SSSR count). The molecule has 242 valence electrons. The van der Waals surface area contributed by atoms with Gasteiger partial charge in [-0.15, -0.1) is 0 Å². The van der Waals surface area contributed by atoms with Crippen LogP contribution >= 0.6 is 38.1 Å². The first-order valence-electron chi connectivity index (χ1n) is 12.9. The van der Waals surface area contributed by atoms with Crippen LogP contribution in [0, 0.1) is 0 Å². The molecule has 1 unspecified atom stereocenters. The van der Waals surface area contributed by atoms with Gasteiger partial charge in [-0.05, 0) is 0 Å². The van der Waals surface area contributed by atoms with E-state index in [1.165, 1.54) is 21.8 Å². The van der Waals surface area contributed by atoms with Crippen molar-refractivity contribution in [3.05, 3.63) is 29.3 Å². The highest BCUT2D eigenvalue weighted by Gasteiger charge is 2.54. The van der Waals surface area contributed by atoms with Crippen molar-refractivity contribution in [2.24, 2.45) is 0 Å². The van der Waals surface area contributed by atoms with Gasteiger partial charge in [-0.1, -0.05) is 24.5 Å². The molecule has 4 aromatic heterocycles. The number of fused-ring (bicyclic) bond motifs is 5. The van der Waals surface area contributed by atoms with Gasteiger partial charge >= 0.3 is 13.6 Å². The van der Waals surface area contributed by atoms with Gasteiger partial charge in [-0.25, -0.2) is 33.5 Å². The number of H-pyrrole nitrogens is 1. The first kappa shape index (κ1) is 30.9.